The minimum absolute atomic E-state index is 0.0195. The molecule has 5 heteroatoms. The molecule has 33 heavy (non-hydrogen) atoms. The Labute approximate surface area is 199 Å². The zero-order chi connectivity index (χ0) is 24.0. The van der Waals surface area contributed by atoms with E-state index in [1.54, 1.807) is 0 Å². The van der Waals surface area contributed by atoms with Gasteiger partial charge in [0.05, 0.1) is 6.10 Å². The van der Waals surface area contributed by atoms with Crippen molar-refractivity contribution in [3.8, 4) is 0 Å². The second-order valence-electron chi connectivity index (χ2n) is 13.2. The van der Waals surface area contributed by atoms with E-state index in [4.69, 9.17) is 9.47 Å². The van der Waals surface area contributed by atoms with Crippen LogP contribution in [0.2, 0.25) is 0 Å². The van der Waals surface area contributed by atoms with Gasteiger partial charge in [0.15, 0.2) is 6.29 Å². The highest BCUT2D eigenvalue weighted by atomic mass is 16.6. The first kappa shape index (κ1) is 23.8. The van der Waals surface area contributed by atoms with Gasteiger partial charge in [0.25, 0.3) is 0 Å². The molecule has 5 unspecified atom stereocenters. The third-order valence-electron chi connectivity index (χ3n) is 11.6. The van der Waals surface area contributed by atoms with E-state index >= 15 is 0 Å². The molecule has 0 aromatic carbocycles. The molecule has 0 spiro atoms. The molecular weight excluding hydrogens is 416 g/mol. The molecule has 5 nitrogen and oxygen atoms in total. The number of allylic oxidation sites excluding steroid dienone is 1. The van der Waals surface area contributed by atoms with Crippen molar-refractivity contribution in [2.45, 2.75) is 105 Å². The minimum atomic E-state index is -0.867. The molecule has 4 fully saturated rings. The predicted molar refractivity (Wildman–Crippen MR) is 126 cm³/mol. The maximum absolute atomic E-state index is 12.4. The van der Waals surface area contributed by atoms with Gasteiger partial charge >= 0.3 is 5.97 Å². The van der Waals surface area contributed by atoms with Gasteiger partial charge in [-0.05, 0) is 79.6 Å². The van der Waals surface area contributed by atoms with E-state index in [1.807, 2.05) is 6.92 Å². The highest BCUT2D eigenvalue weighted by Crippen LogP contribution is 2.74. The fraction of sp³-hybridized carbons (Fsp3) is 0.893. The van der Waals surface area contributed by atoms with Crippen molar-refractivity contribution in [1.29, 1.82) is 0 Å². The molecule has 4 aliphatic carbocycles. The number of carbonyl (C=O) groups is 1. The number of aliphatic hydroxyl groups excluding tert-OH is 2. The Hall–Kier alpha value is -0.910. The molecule has 0 aromatic heterocycles. The molecule has 0 amide bonds. The molecule has 5 rings (SSSR count). The number of fused-ring (bicyclic) bond motifs is 7. The quantitative estimate of drug-likeness (QED) is 0.455. The largest absolute Gasteiger partial charge is 0.462 e. The molecular formula is C28H44O5. The summed E-state index contributed by atoms with van der Waals surface area (Å²) in [5.41, 5.74) is 0.885. The first-order valence-electron chi connectivity index (χ1n) is 13.2. The summed E-state index contributed by atoms with van der Waals surface area (Å²) in [4.78, 5) is 12.4. The van der Waals surface area contributed by atoms with Crippen LogP contribution in [0.15, 0.2) is 11.6 Å². The number of esters is 1. The normalized spacial score (nSPS) is 52.6. The van der Waals surface area contributed by atoms with Crippen molar-refractivity contribution in [1.82, 2.24) is 0 Å². The molecule has 10 atom stereocenters. The van der Waals surface area contributed by atoms with Crippen LogP contribution in [0.25, 0.3) is 0 Å². The Balaban J connectivity index is 1.65. The maximum Gasteiger partial charge on any atom is 0.302 e. The van der Waals surface area contributed by atoms with Crippen LogP contribution < -0.4 is 0 Å². The van der Waals surface area contributed by atoms with Gasteiger partial charge in [-0.25, -0.2) is 0 Å². The molecule has 2 N–H and O–H groups in total. The second-order valence-corrected chi connectivity index (χ2v) is 13.2. The Morgan fingerprint density at radius 1 is 1.15 bits per heavy atom. The van der Waals surface area contributed by atoms with E-state index in [0.29, 0.717) is 11.8 Å². The number of hydrogen-bond donors (Lipinski definition) is 2. The van der Waals surface area contributed by atoms with Gasteiger partial charge in [-0.15, -0.1) is 0 Å². The Morgan fingerprint density at radius 2 is 1.88 bits per heavy atom. The van der Waals surface area contributed by atoms with Gasteiger partial charge in [-0.2, -0.15) is 0 Å². The molecule has 5 aliphatic rings. The van der Waals surface area contributed by atoms with E-state index in [1.165, 1.54) is 18.9 Å². The van der Waals surface area contributed by atoms with Crippen LogP contribution in [-0.4, -0.2) is 41.3 Å². The van der Waals surface area contributed by atoms with Crippen molar-refractivity contribution in [3.05, 3.63) is 11.6 Å². The zero-order valence-electron chi connectivity index (χ0n) is 21.4. The Morgan fingerprint density at radius 3 is 2.55 bits per heavy atom. The topological polar surface area (TPSA) is 76.0 Å². The summed E-state index contributed by atoms with van der Waals surface area (Å²) >= 11 is 0. The molecule has 3 saturated carbocycles. The number of carbonyl (C=O) groups excluding carboxylic acids is 1. The first-order valence-corrected chi connectivity index (χ1v) is 13.2. The number of rotatable bonds is 2. The SMILES string of the molecule is CC(=O)O[C@H]1CC2[C@@](C)(CCC3C(C)(C)CCC[C@@]32CO)C2CC=C3C(C)OC(O)[C@@H]3[C@]21C. The van der Waals surface area contributed by atoms with Crippen LogP contribution in [0.1, 0.15) is 86.5 Å². The summed E-state index contributed by atoms with van der Waals surface area (Å²) < 4.78 is 12.1. The van der Waals surface area contributed by atoms with Crippen LogP contribution >= 0.6 is 0 Å². The summed E-state index contributed by atoms with van der Waals surface area (Å²) in [6, 6.07) is 0. The lowest BCUT2D eigenvalue weighted by atomic mass is 9.34. The summed E-state index contributed by atoms with van der Waals surface area (Å²) in [6.45, 7) is 13.2. The predicted octanol–water partition coefficient (Wildman–Crippen LogP) is 4.85. The van der Waals surface area contributed by atoms with Crippen molar-refractivity contribution in [3.63, 3.8) is 0 Å². The Bertz CT molecular complexity index is 849. The van der Waals surface area contributed by atoms with Gasteiger partial charge in [-0.3, -0.25) is 4.79 Å². The molecule has 186 valence electrons. The highest BCUT2D eigenvalue weighted by molar-refractivity contribution is 5.66. The minimum Gasteiger partial charge on any atom is -0.462 e. The average Bonchev–Trinajstić information content (AvgIpc) is 3.02. The third kappa shape index (κ3) is 3.04. The van der Waals surface area contributed by atoms with Gasteiger partial charge in [-0.1, -0.05) is 40.2 Å². The third-order valence-corrected chi connectivity index (χ3v) is 11.6. The molecule has 0 aromatic rings. The maximum atomic E-state index is 12.4. The smallest absolute Gasteiger partial charge is 0.302 e. The standard InChI is InChI=1S/C28H44O5/c1-16-18-8-9-20-26(5)13-10-19-25(3,4)11-7-12-28(19,15-29)21(26)14-22(33-17(2)30)27(20,6)23(18)24(31)32-16/h8,16,19-24,29,31H,7,9-15H2,1-6H3/t16?,19?,20?,21?,22-,23+,24?,26-,27+,28+/m0/s1. The fourth-order valence-corrected chi connectivity index (χ4v) is 10.3. The fourth-order valence-electron chi connectivity index (χ4n) is 10.3. The van der Waals surface area contributed by atoms with Crippen LogP contribution in [-0.2, 0) is 14.3 Å². The van der Waals surface area contributed by atoms with E-state index in [0.717, 1.165) is 38.5 Å². The van der Waals surface area contributed by atoms with E-state index in [2.05, 4.69) is 33.8 Å². The molecule has 1 heterocycles. The number of ether oxygens (including phenoxy) is 2. The van der Waals surface area contributed by atoms with E-state index < -0.39 is 11.7 Å². The second kappa shape index (κ2) is 7.54. The molecule has 1 aliphatic heterocycles. The van der Waals surface area contributed by atoms with E-state index in [9.17, 15) is 15.0 Å². The number of aliphatic hydroxyl groups is 2. The number of hydrogen-bond acceptors (Lipinski definition) is 5. The van der Waals surface area contributed by atoms with Gasteiger partial charge < -0.3 is 19.7 Å². The zero-order valence-corrected chi connectivity index (χ0v) is 21.4. The lowest BCUT2D eigenvalue weighted by Gasteiger charge is -2.71. The van der Waals surface area contributed by atoms with Crippen molar-refractivity contribution in [2.24, 2.45) is 45.3 Å². The lowest BCUT2D eigenvalue weighted by Crippen LogP contribution is -2.68. The first-order chi connectivity index (χ1) is 15.4. The molecule has 1 saturated heterocycles. The lowest BCUT2D eigenvalue weighted by molar-refractivity contribution is -0.262. The van der Waals surface area contributed by atoms with Crippen molar-refractivity contribution >= 4 is 5.97 Å². The van der Waals surface area contributed by atoms with Gasteiger partial charge in [0.2, 0.25) is 0 Å². The van der Waals surface area contributed by atoms with E-state index in [-0.39, 0.29) is 52.9 Å². The van der Waals surface area contributed by atoms with Crippen molar-refractivity contribution < 1.29 is 24.5 Å². The average molecular weight is 461 g/mol. The summed E-state index contributed by atoms with van der Waals surface area (Å²) in [5, 5.41) is 22.1. The monoisotopic (exact) mass is 460 g/mol. The van der Waals surface area contributed by atoms with Crippen LogP contribution in [0.4, 0.5) is 0 Å². The highest BCUT2D eigenvalue weighted by Gasteiger charge is 2.71. The molecule has 0 bridgehead atoms. The Kier molecular flexibility index (Phi) is 5.44. The van der Waals surface area contributed by atoms with Crippen molar-refractivity contribution in [2.75, 3.05) is 6.61 Å². The summed E-state index contributed by atoms with van der Waals surface area (Å²) in [6.07, 6.45) is 8.43. The van der Waals surface area contributed by atoms with Crippen LogP contribution in [0.3, 0.4) is 0 Å². The van der Waals surface area contributed by atoms with Crippen LogP contribution in [0.5, 0.6) is 0 Å². The van der Waals surface area contributed by atoms with Crippen LogP contribution in [0, 0.1) is 45.3 Å². The summed E-state index contributed by atoms with van der Waals surface area (Å²) in [7, 11) is 0. The van der Waals surface area contributed by atoms with Gasteiger partial charge in [0, 0.05) is 30.3 Å². The summed E-state index contributed by atoms with van der Waals surface area (Å²) in [5.74, 6) is 0.635. The van der Waals surface area contributed by atoms with Gasteiger partial charge in [0.1, 0.15) is 6.10 Å². The molecule has 0 radical (unpaired) electrons.